The molecular formula is C12H15N5O2. The lowest BCUT2D eigenvalue weighted by molar-refractivity contribution is 0.0457. The monoisotopic (exact) mass is 261 g/mol. The molecule has 0 saturated carbocycles. The Morgan fingerprint density at radius 3 is 2.63 bits per heavy atom. The van der Waals surface area contributed by atoms with Crippen LogP contribution in [0.25, 0.3) is 0 Å². The first kappa shape index (κ1) is 12.9. The summed E-state index contributed by atoms with van der Waals surface area (Å²) in [5, 5.41) is 3.99. The third-order valence-electron chi connectivity index (χ3n) is 2.54. The van der Waals surface area contributed by atoms with E-state index in [1.54, 1.807) is 10.7 Å². The van der Waals surface area contributed by atoms with E-state index in [-0.39, 0.29) is 6.61 Å². The number of aryl methyl sites for hydroxylation is 1. The van der Waals surface area contributed by atoms with Crippen LogP contribution in [0.1, 0.15) is 23.1 Å². The Morgan fingerprint density at radius 1 is 1.32 bits per heavy atom. The number of hydrogen-bond donors (Lipinski definition) is 2. The minimum Gasteiger partial charge on any atom is -0.454 e. The Labute approximate surface area is 110 Å². The van der Waals surface area contributed by atoms with Crippen LogP contribution in [0.3, 0.4) is 0 Å². The van der Waals surface area contributed by atoms with Crippen LogP contribution in [0, 0.1) is 0 Å². The summed E-state index contributed by atoms with van der Waals surface area (Å²) < 4.78 is 6.81. The average Bonchev–Trinajstić information content (AvgIpc) is 2.82. The van der Waals surface area contributed by atoms with E-state index in [4.69, 9.17) is 16.2 Å². The van der Waals surface area contributed by atoms with Gasteiger partial charge in [-0.3, -0.25) is 0 Å². The van der Waals surface area contributed by atoms with E-state index >= 15 is 0 Å². The van der Waals surface area contributed by atoms with Gasteiger partial charge >= 0.3 is 5.97 Å². The number of benzene rings is 1. The highest BCUT2D eigenvalue weighted by molar-refractivity contribution is 5.91. The van der Waals surface area contributed by atoms with Gasteiger partial charge in [-0.2, -0.15) is 5.10 Å². The number of anilines is 2. The molecule has 0 atom stereocenters. The molecule has 1 heterocycles. The highest BCUT2D eigenvalue weighted by Crippen LogP contribution is 2.15. The van der Waals surface area contributed by atoms with Crippen molar-refractivity contribution in [2.24, 2.45) is 0 Å². The first-order valence-corrected chi connectivity index (χ1v) is 5.80. The molecule has 100 valence electrons. The summed E-state index contributed by atoms with van der Waals surface area (Å²) in [5.41, 5.74) is 12.4. The zero-order chi connectivity index (χ0) is 13.8. The molecule has 0 aliphatic heterocycles. The average molecular weight is 261 g/mol. The second-order valence-electron chi connectivity index (χ2n) is 3.96. The van der Waals surface area contributed by atoms with Crippen LogP contribution in [0.2, 0.25) is 0 Å². The smallest absolute Gasteiger partial charge is 0.338 e. The molecule has 19 heavy (non-hydrogen) atoms. The lowest BCUT2D eigenvalue weighted by Crippen LogP contribution is -2.11. The standard InChI is InChI=1S/C12H15N5O2/c1-2-17-11(15-7-16-17)6-19-12(18)8-3-9(13)5-10(14)4-8/h3-5,7H,2,6,13-14H2,1H3. The summed E-state index contributed by atoms with van der Waals surface area (Å²) in [7, 11) is 0. The van der Waals surface area contributed by atoms with Crippen LogP contribution in [0.5, 0.6) is 0 Å². The van der Waals surface area contributed by atoms with Crippen LogP contribution < -0.4 is 11.5 Å². The van der Waals surface area contributed by atoms with E-state index in [9.17, 15) is 4.79 Å². The van der Waals surface area contributed by atoms with Crippen LogP contribution >= 0.6 is 0 Å². The minimum absolute atomic E-state index is 0.0569. The fourth-order valence-electron chi connectivity index (χ4n) is 1.67. The summed E-state index contributed by atoms with van der Waals surface area (Å²) in [5.74, 6) is 0.0948. The predicted molar refractivity (Wildman–Crippen MR) is 70.1 cm³/mol. The van der Waals surface area contributed by atoms with Crippen molar-refractivity contribution in [2.45, 2.75) is 20.1 Å². The summed E-state index contributed by atoms with van der Waals surface area (Å²) in [6.07, 6.45) is 1.42. The van der Waals surface area contributed by atoms with Gasteiger partial charge in [-0.25, -0.2) is 14.5 Å². The van der Waals surface area contributed by atoms with Crippen molar-refractivity contribution in [1.29, 1.82) is 0 Å². The number of ether oxygens (including phenoxy) is 1. The van der Waals surface area contributed by atoms with Crippen LogP contribution in [0.4, 0.5) is 11.4 Å². The number of carbonyl (C=O) groups is 1. The molecule has 0 spiro atoms. The van der Waals surface area contributed by atoms with E-state index in [2.05, 4.69) is 10.1 Å². The number of nitrogen functional groups attached to an aromatic ring is 2. The summed E-state index contributed by atoms with van der Waals surface area (Å²) in [6, 6.07) is 4.61. The molecule has 1 aromatic heterocycles. The van der Waals surface area contributed by atoms with E-state index < -0.39 is 5.97 Å². The van der Waals surface area contributed by atoms with E-state index in [0.717, 1.165) is 0 Å². The number of rotatable bonds is 4. The molecule has 0 aliphatic carbocycles. The molecule has 0 saturated heterocycles. The van der Waals surface area contributed by atoms with Gasteiger partial charge in [0.1, 0.15) is 6.33 Å². The lowest BCUT2D eigenvalue weighted by atomic mass is 10.2. The van der Waals surface area contributed by atoms with Crippen molar-refractivity contribution in [3.8, 4) is 0 Å². The maximum absolute atomic E-state index is 11.9. The van der Waals surface area contributed by atoms with Crippen molar-refractivity contribution >= 4 is 17.3 Å². The van der Waals surface area contributed by atoms with Gasteiger partial charge in [-0.05, 0) is 25.1 Å². The molecule has 0 unspecified atom stereocenters. The number of hydrogen-bond acceptors (Lipinski definition) is 6. The molecule has 0 aliphatic rings. The SMILES string of the molecule is CCn1ncnc1COC(=O)c1cc(N)cc(N)c1. The third-order valence-corrected chi connectivity index (χ3v) is 2.54. The quantitative estimate of drug-likeness (QED) is 0.623. The fourth-order valence-corrected chi connectivity index (χ4v) is 1.67. The van der Waals surface area contributed by atoms with Crippen LogP contribution in [0.15, 0.2) is 24.5 Å². The topological polar surface area (TPSA) is 109 Å². The van der Waals surface area contributed by atoms with Crippen LogP contribution in [-0.2, 0) is 17.9 Å². The van der Waals surface area contributed by atoms with Gasteiger partial charge in [-0.15, -0.1) is 0 Å². The van der Waals surface area contributed by atoms with Crippen molar-refractivity contribution in [2.75, 3.05) is 11.5 Å². The van der Waals surface area contributed by atoms with Gasteiger partial charge in [0, 0.05) is 17.9 Å². The second-order valence-corrected chi connectivity index (χ2v) is 3.96. The van der Waals surface area contributed by atoms with E-state index in [0.29, 0.717) is 29.3 Å². The zero-order valence-corrected chi connectivity index (χ0v) is 10.5. The highest BCUT2D eigenvalue weighted by atomic mass is 16.5. The van der Waals surface area contributed by atoms with E-state index in [1.165, 1.54) is 18.5 Å². The second kappa shape index (κ2) is 5.38. The maximum Gasteiger partial charge on any atom is 0.338 e. The summed E-state index contributed by atoms with van der Waals surface area (Å²) in [6.45, 7) is 2.65. The Balaban J connectivity index is 2.05. The number of esters is 1. The van der Waals surface area contributed by atoms with Gasteiger partial charge < -0.3 is 16.2 Å². The first-order chi connectivity index (χ1) is 9.10. The maximum atomic E-state index is 11.9. The van der Waals surface area contributed by atoms with Gasteiger partial charge in [-0.1, -0.05) is 0 Å². The molecule has 7 heteroatoms. The molecular weight excluding hydrogens is 246 g/mol. The first-order valence-electron chi connectivity index (χ1n) is 5.80. The van der Waals surface area contributed by atoms with Crippen LogP contribution in [-0.4, -0.2) is 20.7 Å². The molecule has 7 nitrogen and oxygen atoms in total. The van der Waals surface area contributed by atoms with Crippen molar-refractivity contribution in [1.82, 2.24) is 14.8 Å². The molecule has 2 aromatic rings. The van der Waals surface area contributed by atoms with Crippen molar-refractivity contribution < 1.29 is 9.53 Å². The number of nitrogens with zero attached hydrogens (tertiary/aromatic N) is 3. The molecule has 2 rings (SSSR count). The number of nitrogens with two attached hydrogens (primary N) is 2. The Bertz CT molecular complexity index is 573. The van der Waals surface area contributed by atoms with Crippen molar-refractivity contribution in [3.63, 3.8) is 0 Å². The Morgan fingerprint density at radius 2 is 2.00 bits per heavy atom. The van der Waals surface area contributed by atoms with Gasteiger partial charge in [0.15, 0.2) is 12.4 Å². The fraction of sp³-hybridized carbons (Fsp3) is 0.250. The van der Waals surface area contributed by atoms with E-state index in [1.807, 2.05) is 6.92 Å². The number of carbonyl (C=O) groups excluding carboxylic acids is 1. The molecule has 0 radical (unpaired) electrons. The summed E-state index contributed by atoms with van der Waals surface area (Å²) >= 11 is 0. The molecule has 4 N–H and O–H groups in total. The zero-order valence-electron chi connectivity index (χ0n) is 10.5. The highest BCUT2D eigenvalue weighted by Gasteiger charge is 2.11. The third kappa shape index (κ3) is 3.01. The molecule has 0 amide bonds. The Kier molecular flexibility index (Phi) is 3.65. The normalized spacial score (nSPS) is 10.4. The molecule has 1 aromatic carbocycles. The number of aromatic nitrogens is 3. The molecule has 0 fully saturated rings. The minimum atomic E-state index is -0.496. The molecule has 0 bridgehead atoms. The Hall–Kier alpha value is -2.57. The lowest BCUT2D eigenvalue weighted by Gasteiger charge is -2.06. The van der Waals surface area contributed by atoms with Gasteiger partial charge in [0.2, 0.25) is 0 Å². The summed E-state index contributed by atoms with van der Waals surface area (Å²) in [4.78, 5) is 15.9. The van der Waals surface area contributed by atoms with Crippen molar-refractivity contribution in [3.05, 3.63) is 35.9 Å². The van der Waals surface area contributed by atoms with Gasteiger partial charge in [0.05, 0.1) is 5.56 Å². The largest absolute Gasteiger partial charge is 0.454 e. The van der Waals surface area contributed by atoms with Gasteiger partial charge in [0.25, 0.3) is 0 Å². The predicted octanol–water partition coefficient (Wildman–Crippen LogP) is 0.819.